The third kappa shape index (κ3) is 2.90. The van der Waals surface area contributed by atoms with Gasteiger partial charge in [0.25, 0.3) is 0 Å². The van der Waals surface area contributed by atoms with Crippen molar-refractivity contribution < 1.29 is 0 Å². The minimum atomic E-state index is 0.754. The fourth-order valence-electron chi connectivity index (χ4n) is 1.45. The fourth-order valence-corrected chi connectivity index (χ4v) is 2.56. The molecule has 94 valence electrons. The lowest BCUT2D eigenvalue weighted by molar-refractivity contribution is 0.878. The Labute approximate surface area is 120 Å². The molecule has 0 bridgehead atoms. The maximum Gasteiger partial charge on any atom is 0.194 e. The molecular weight excluding hydrogens is 310 g/mol. The summed E-state index contributed by atoms with van der Waals surface area (Å²) in [6.45, 7) is 8.10. The number of nitrogens with zero attached hydrogens (tertiary/aromatic N) is 3. The molecule has 5 heteroatoms. The second kappa shape index (κ2) is 5.36. The first-order valence-corrected chi connectivity index (χ1v) is 7.20. The van der Waals surface area contributed by atoms with Gasteiger partial charge in [-0.2, -0.15) is 0 Å². The van der Waals surface area contributed by atoms with Crippen LogP contribution in [0.5, 0.6) is 0 Å². The number of rotatable bonds is 2. The monoisotopic (exact) mass is 323 g/mol. The summed E-state index contributed by atoms with van der Waals surface area (Å²) in [6.07, 6.45) is 1.81. The van der Waals surface area contributed by atoms with Gasteiger partial charge in [-0.15, -0.1) is 0 Å². The number of halogens is 1. The molecule has 0 aliphatic rings. The predicted molar refractivity (Wildman–Crippen MR) is 77.0 cm³/mol. The highest BCUT2D eigenvalue weighted by Gasteiger charge is 2.08. The Bertz CT molecular complexity index is 576. The molecule has 0 saturated heterocycles. The van der Waals surface area contributed by atoms with Crippen molar-refractivity contribution in [3.05, 3.63) is 39.3 Å². The summed E-state index contributed by atoms with van der Waals surface area (Å²) in [7, 11) is 0. The van der Waals surface area contributed by atoms with Crippen LogP contribution in [0.25, 0.3) is 0 Å². The lowest BCUT2D eigenvalue weighted by atomic mass is 10.2. The third-order valence-electron chi connectivity index (χ3n) is 2.83. The molecule has 0 unspecified atom stereocenters. The van der Waals surface area contributed by atoms with Gasteiger partial charge >= 0.3 is 0 Å². The lowest BCUT2D eigenvalue weighted by Gasteiger charge is -2.07. The van der Waals surface area contributed by atoms with Crippen LogP contribution in [-0.2, 0) is 0 Å². The van der Waals surface area contributed by atoms with E-state index in [0.29, 0.717) is 0 Å². The van der Waals surface area contributed by atoms with E-state index in [4.69, 9.17) is 0 Å². The molecule has 0 amide bonds. The Balaban J connectivity index is 2.31. The summed E-state index contributed by atoms with van der Waals surface area (Å²) in [4.78, 5) is 13.3. The Kier molecular flexibility index (Phi) is 4.02. The quantitative estimate of drug-likeness (QED) is 0.782. The molecule has 2 aromatic rings. The summed E-state index contributed by atoms with van der Waals surface area (Å²) in [6, 6.07) is 2.03. The topological polar surface area (TPSA) is 38.7 Å². The van der Waals surface area contributed by atoms with Crippen LogP contribution in [0.4, 0.5) is 0 Å². The normalized spacial score (nSPS) is 10.7. The van der Waals surface area contributed by atoms with Crippen LogP contribution in [-0.4, -0.2) is 15.0 Å². The molecule has 0 fully saturated rings. The molecule has 0 spiro atoms. The van der Waals surface area contributed by atoms with Crippen molar-refractivity contribution in [2.45, 2.75) is 37.9 Å². The summed E-state index contributed by atoms with van der Waals surface area (Å²) in [5.74, 6) is 0. The van der Waals surface area contributed by atoms with Crippen molar-refractivity contribution in [2.24, 2.45) is 0 Å². The minimum Gasteiger partial charge on any atom is -0.248 e. The molecule has 2 aromatic heterocycles. The van der Waals surface area contributed by atoms with Gasteiger partial charge in [0.1, 0.15) is 5.03 Å². The van der Waals surface area contributed by atoms with Gasteiger partial charge < -0.3 is 0 Å². The second-order valence-corrected chi connectivity index (χ2v) is 6.02. The molecule has 0 atom stereocenters. The Morgan fingerprint density at radius 2 is 1.67 bits per heavy atom. The van der Waals surface area contributed by atoms with Gasteiger partial charge in [-0.1, -0.05) is 0 Å². The van der Waals surface area contributed by atoms with Crippen molar-refractivity contribution >= 4 is 27.7 Å². The van der Waals surface area contributed by atoms with Crippen LogP contribution in [0.15, 0.2) is 26.9 Å². The molecule has 0 radical (unpaired) electrons. The van der Waals surface area contributed by atoms with Crippen LogP contribution >= 0.6 is 27.7 Å². The van der Waals surface area contributed by atoms with E-state index in [1.807, 2.05) is 40.0 Å². The maximum absolute atomic E-state index is 4.48. The van der Waals surface area contributed by atoms with Crippen LogP contribution in [0.2, 0.25) is 0 Å². The second-order valence-electron chi connectivity index (χ2n) is 4.18. The van der Waals surface area contributed by atoms with Crippen molar-refractivity contribution in [3.63, 3.8) is 0 Å². The molecule has 3 nitrogen and oxygen atoms in total. The van der Waals surface area contributed by atoms with Crippen molar-refractivity contribution in [1.82, 2.24) is 15.0 Å². The van der Waals surface area contributed by atoms with Gasteiger partial charge in [-0.05, 0) is 72.6 Å². The van der Waals surface area contributed by atoms with Crippen molar-refractivity contribution in [2.75, 3.05) is 0 Å². The van der Waals surface area contributed by atoms with E-state index in [1.165, 1.54) is 11.8 Å². The maximum atomic E-state index is 4.48. The van der Waals surface area contributed by atoms with Gasteiger partial charge in [-0.25, -0.2) is 15.0 Å². The van der Waals surface area contributed by atoms with Crippen molar-refractivity contribution in [1.29, 1.82) is 0 Å². The molecular formula is C13H14BrN3S. The zero-order valence-electron chi connectivity index (χ0n) is 10.8. The first kappa shape index (κ1) is 13.5. The average molecular weight is 324 g/mol. The lowest BCUT2D eigenvalue weighted by Crippen LogP contribution is -1.98. The molecule has 0 N–H and O–H groups in total. The van der Waals surface area contributed by atoms with Gasteiger partial charge in [0.2, 0.25) is 0 Å². The van der Waals surface area contributed by atoms with Gasteiger partial charge in [0.15, 0.2) is 5.16 Å². The molecule has 0 aromatic carbocycles. The van der Waals surface area contributed by atoms with Gasteiger partial charge in [0, 0.05) is 22.1 Å². The number of hydrogen-bond acceptors (Lipinski definition) is 4. The molecule has 0 aliphatic heterocycles. The van der Waals surface area contributed by atoms with E-state index in [0.717, 1.165) is 37.2 Å². The summed E-state index contributed by atoms with van der Waals surface area (Å²) in [5, 5.41) is 1.67. The molecule has 18 heavy (non-hydrogen) atoms. The summed E-state index contributed by atoms with van der Waals surface area (Å²) < 4.78 is 1.02. The Morgan fingerprint density at radius 3 is 2.22 bits per heavy atom. The standard InChI is InChI=1S/C13H14BrN3S/c1-7-5-12(15-6-11(7)14)18-13-16-9(3)8(2)10(4)17-13/h5-6H,1-4H3. The van der Waals surface area contributed by atoms with Crippen LogP contribution in [0, 0.1) is 27.7 Å². The van der Waals surface area contributed by atoms with Crippen LogP contribution in [0.1, 0.15) is 22.5 Å². The number of hydrogen-bond donors (Lipinski definition) is 0. The number of pyridine rings is 1. The highest BCUT2D eigenvalue weighted by molar-refractivity contribution is 9.10. The van der Waals surface area contributed by atoms with E-state index >= 15 is 0 Å². The molecule has 0 saturated carbocycles. The van der Waals surface area contributed by atoms with Crippen LogP contribution in [0.3, 0.4) is 0 Å². The molecule has 0 aliphatic carbocycles. The van der Waals surface area contributed by atoms with E-state index in [1.54, 1.807) is 0 Å². The van der Waals surface area contributed by atoms with E-state index < -0.39 is 0 Å². The summed E-state index contributed by atoms with van der Waals surface area (Å²) >= 11 is 4.94. The Hall–Kier alpha value is -0.940. The van der Waals surface area contributed by atoms with E-state index in [-0.39, 0.29) is 0 Å². The van der Waals surface area contributed by atoms with E-state index in [2.05, 4.69) is 30.9 Å². The minimum absolute atomic E-state index is 0.754. The van der Waals surface area contributed by atoms with Crippen molar-refractivity contribution in [3.8, 4) is 0 Å². The third-order valence-corrected chi connectivity index (χ3v) is 4.46. The molecule has 2 heterocycles. The van der Waals surface area contributed by atoms with E-state index in [9.17, 15) is 0 Å². The zero-order chi connectivity index (χ0) is 13.3. The first-order valence-electron chi connectivity index (χ1n) is 5.59. The number of aromatic nitrogens is 3. The zero-order valence-corrected chi connectivity index (χ0v) is 13.2. The summed E-state index contributed by atoms with van der Waals surface area (Å²) in [5.41, 5.74) is 4.37. The Morgan fingerprint density at radius 1 is 1.06 bits per heavy atom. The number of aryl methyl sites for hydroxylation is 3. The van der Waals surface area contributed by atoms with Gasteiger partial charge in [-0.3, -0.25) is 0 Å². The SMILES string of the molecule is Cc1cc(Sc2nc(C)c(C)c(C)n2)ncc1Br. The van der Waals surface area contributed by atoms with Crippen LogP contribution < -0.4 is 0 Å². The first-order chi connectivity index (χ1) is 8.47. The van der Waals surface area contributed by atoms with Gasteiger partial charge in [0.05, 0.1) is 0 Å². The highest BCUT2D eigenvalue weighted by Crippen LogP contribution is 2.26. The largest absolute Gasteiger partial charge is 0.248 e. The highest BCUT2D eigenvalue weighted by atomic mass is 79.9. The fraction of sp³-hybridized carbons (Fsp3) is 0.308. The average Bonchev–Trinajstić information content (AvgIpc) is 2.31. The predicted octanol–water partition coefficient (Wildman–Crippen LogP) is 4.02. The molecule has 2 rings (SSSR count). The smallest absolute Gasteiger partial charge is 0.194 e.